The lowest BCUT2D eigenvalue weighted by Gasteiger charge is -1.93. The van der Waals surface area contributed by atoms with E-state index in [0.717, 1.165) is 19.3 Å². The molecule has 0 bridgehead atoms. The van der Waals surface area contributed by atoms with Crippen molar-refractivity contribution in [1.82, 2.24) is 6.15 Å². The van der Waals surface area contributed by atoms with Gasteiger partial charge in [0, 0.05) is 6.42 Å². The van der Waals surface area contributed by atoms with E-state index in [1.807, 2.05) is 6.92 Å². The molecule has 0 aliphatic rings. The Balaban J connectivity index is 0. The largest absolute Gasteiger partial charge is 0.344 e. The van der Waals surface area contributed by atoms with Gasteiger partial charge in [-0.1, -0.05) is 19.8 Å². The van der Waals surface area contributed by atoms with E-state index in [4.69, 9.17) is 5.26 Å². The van der Waals surface area contributed by atoms with Crippen molar-refractivity contribution in [1.29, 1.82) is 0 Å². The minimum atomic E-state index is -0.538. The summed E-state index contributed by atoms with van der Waals surface area (Å²) >= 11 is 0. The average Bonchev–Trinajstić information content (AvgIpc) is 1.89. The van der Waals surface area contributed by atoms with Gasteiger partial charge in [0.25, 0.3) is 0 Å². The highest BCUT2D eigenvalue weighted by Gasteiger charge is 1.98. The molecule has 0 radical (unpaired) electrons. The van der Waals surface area contributed by atoms with Crippen molar-refractivity contribution in [2.45, 2.75) is 32.6 Å². The van der Waals surface area contributed by atoms with Crippen LogP contribution in [-0.2, 0) is 9.68 Å². The molecule has 0 spiro atoms. The summed E-state index contributed by atoms with van der Waals surface area (Å²) in [7, 11) is 0. The van der Waals surface area contributed by atoms with Gasteiger partial charge in [-0.15, -0.1) is 0 Å². The van der Waals surface area contributed by atoms with Gasteiger partial charge in [0.05, 0.1) is 0 Å². The molecule has 4 nitrogen and oxygen atoms in total. The van der Waals surface area contributed by atoms with Gasteiger partial charge in [0.1, 0.15) is 0 Å². The molecule has 0 heterocycles. The second-order valence-corrected chi connectivity index (χ2v) is 1.92. The highest BCUT2D eigenvalue weighted by molar-refractivity contribution is 5.68. The zero-order valence-electron chi connectivity index (χ0n) is 6.30. The van der Waals surface area contributed by atoms with E-state index in [1.165, 1.54) is 0 Å². The Kier molecular flexibility index (Phi) is 10.2. The van der Waals surface area contributed by atoms with Gasteiger partial charge in [-0.05, 0) is 6.42 Å². The standard InChI is InChI=1S/C6H12O3.H3N/c1-2-3-4-5-6(7)9-8;/h8H,2-5H2,1H3;1H3. The second-order valence-electron chi connectivity index (χ2n) is 1.92. The Morgan fingerprint density at radius 1 is 1.50 bits per heavy atom. The number of hydrogen-bond donors (Lipinski definition) is 2. The maximum atomic E-state index is 10.2. The average molecular weight is 149 g/mol. The van der Waals surface area contributed by atoms with Gasteiger partial charge in [-0.2, -0.15) is 5.26 Å². The summed E-state index contributed by atoms with van der Waals surface area (Å²) in [6.07, 6.45) is 3.20. The van der Waals surface area contributed by atoms with Crippen LogP contribution in [0.1, 0.15) is 32.6 Å². The first-order valence-corrected chi connectivity index (χ1v) is 3.15. The van der Waals surface area contributed by atoms with Gasteiger partial charge in [0.2, 0.25) is 0 Å². The van der Waals surface area contributed by atoms with Gasteiger partial charge in [-0.25, -0.2) is 4.79 Å². The lowest BCUT2D eigenvalue weighted by Crippen LogP contribution is -1.99. The van der Waals surface area contributed by atoms with Crippen LogP contribution in [0.5, 0.6) is 0 Å². The molecule has 0 unspecified atom stereocenters. The predicted molar refractivity (Wildman–Crippen MR) is 37.9 cm³/mol. The molecular weight excluding hydrogens is 134 g/mol. The van der Waals surface area contributed by atoms with Crippen LogP contribution in [0.3, 0.4) is 0 Å². The Hall–Kier alpha value is -0.610. The fraction of sp³-hybridized carbons (Fsp3) is 0.833. The van der Waals surface area contributed by atoms with Crippen molar-refractivity contribution in [3.05, 3.63) is 0 Å². The van der Waals surface area contributed by atoms with Gasteiger partial charge in [0.15, 0.2) is 0 Å². The lowest BCUT2D eigenvalue weighted by atomic mass is 10.2. The van der Waals surface area contributed by atoms with E-state index in [0.29, 0.717) is 6.42 Å². The molecule has 0 amide bonds. The molecule has 62 valence electrons. The maximum Gasteiger partial charge on any atom is 0.342 e. The third-order valence-corrected chi connectivity index (χ3v) is 1.09. The molecule has 0 saturated carbocycles. The van der Waals surface area contributed by atoms with Crippen LogP contribution in [0.15, 0.2) is 0 Å². The molecule has 0 aliphatic carbocycles. The van der Waals surface area contributed by atoms with Crippen LogP contribution in [0, 0.1) is 0 Å². The lowest BCUT2D eigenvalue weighted by molar-refractivity contribution is -0.234. The smallest absolute Gasteiger partial charge is 0.342 e. The molecule has 0 saturated heterocycles. The van der Waals surface area contributed by atoms with Crippen molar-refractivity contribution >= 4 is 5.97 Å². The van der Waals surface area contributed by atoms with Crippen molar-refractivity contribution in [3.63, 3.8) is 0 Å². The molecule has 10 heavy (non-hydrogen) atoms. The van der Waals surface area contributed by atoms with Crippen LogP contribution in [0.25, 0.3) is 0 Å². The van der Waals surface area contributed by atoms with Crippen LogP contribution < -0.4 is 6.15 Å². The number of hydrogen-bond acceptors (Lipinski definition) is 4. The normalized spacial score (nSPS) is 8.20. The summed E-state index contributed by atoms with van der Waals surface area (Å²) in [5, 5.41) is 7.78. The van der Waals surface area contributed by atoms with Gasteiger partial charge >= 0.3 is 5.97 Å². The maximum absolute atomic E-state index is 10.2. The van der Waals surface area contributed by atoms with Crippen molar-refractivity contribution in [2.75, 3.05) is 0 Å². The molecule has 4 N–H and O–H groups in total. The van der Waals surface area contributed by atoms with Crippen molar-refractivity contribution in [3.8, 4) is 0 Å². The number of carbonyl (C=O) groups is 1. The van der Waals surface area contributed by atoms with Gasteiger partial charge in [-0.3, -0.25) is 0 Å². The van der Waals surface area contributed by atoms with Crippen LogP contribution in [0.2, 0.25) is 0 Å². The molecule has 0 aromatic rings. The SMILES string of the molecule is CCCCCC(=O)OO.N. The number of rotatable bonds is 4. The molecule has 0 aromatic heterocycles. The van der Waals surface area contributed by atoms with E-state index in [2.05, 4.69) is 4.89 Å². The van der Waals surface area contributed by atoms with E-state index in [-0.39, 0.29) is 6.15 Å². The predicted octanol–water partition coefficient (Wildman–Crippen LogP) is 1.74. The monoisotopic (exact) mass is 149 g/mol. The molecule has 4 heteroatoms. The van der Waals surface area contributed by atoms with Gasteiger partial charge < -0.3 is 11.0 Å². The topological polar surface area (TPSA) is 81.5 Å². The Morgan fingerprint density at radius 2 is 2.10 bits per heavy atom. The van der Waals surface area contributed by atoms with Crippen LogP contribution in [0.4, 0.5) is 0 Å². The summed E-state index contributed by atoms with van der Waals surface area (Å²) in [4.78, 5) is 13.7. The van der Waals surface area contributed by atoms with E-state index < -0.39 is 5.97 Å². The van der Waals surface area contributed by atoms with Crippen LogP contribution >= 0.6 is 0 Å². The Morgan fingerprint density at radius 3 is 2.50 bits per heavy atom. The van der Waals surface area contributed by atoms with Crippen molar-refractivity contribution in [2.24, 2.45) is 0 Å². The second kappa shape index (κ2) is 8.39. The van der Waals surface area contributed by atoms with E-state index >= 15 is 0 Å². The first-order chi connectivity index (χ1) is 4.31. The molecule has 0 atom stereocenters. The van der Waals surface area contributed by atoms with Crippen LogP contribution in [-0.4, -0.2) is 11.2 Å². The summed E-state index contributed by atoms with van der Waals surface area (Å²) in [5.74, 6) is -0.538. The van der Waals surface area contributed by atoms with Crippen molar-refractivity contribution < 1.29 is 14.9 Å². The summed E-state index contributed by atoms with van der Waals surface area (Å²) in [6.45, 7) is 2.05. The Bertz CT molecular complexity index is 85.1. The fourth-order valence-corrected chi connectivity index (χ4v) is 0.565. The fourth-order valence-electron chi connectivity index (χ4n) is 0.565. The molecule has 0 fully saturated rings. The number of carbonyl (C=O) groups excluding carboxylic acids is 1. The summed E-state index contributed by atoms with van der Waals surface area (Å²) < 4.78 is 0. The zero-order valence-corrected chi connectivity index (χ0v) is 6.30. The first kappa shape index (κ1) is 12.1. The quantitative estimate of drug-likeness (QED) is 0.362. The number of unbranched alkanes of at least 4 members (excludes halogenated alkanes) is 2. The Labute approximate surface area is 60.7 Å². The first-order valence-electron chi connectivity index (χ1n) is 3.15. The third kappa shape index (κ3) is 7.39. The molecule has 0 aliphatic heterocycles. The minimum Gasteiger partial charge on any atom is -0.344 e. The highest BCUT2D eigenvalue weighted by atomic mass is 17.1. The third-order valence-electron chi connectivity index (χ3n) is 1.09. The molecule has 0 rings (SSSR count). The minimum absolute atomic E-state index is 0. The molecular formula is C6H15NO3. The zero-order chi connectivity index (χ0) is 7.11. The summed E-state index contributed by atoms with van der Waals surface area (Å²) in [6, 6.07) is 0. The molecule has 0 aromatic carbocycles. The van der Waals surface area contributed by atoms with E-state index in [9.17, 15) is 4.79 Å². The van der Waals surface area contributed by atoms with E-state index in [1.54, 1.807) is 0 Å². The summed E-state index contributed by atoms with van der Waals surface area (Å²) in [5.41, 5.74) is 0. The highest BCUT2D eigenvalue weighted by Crippen LogP contribution is 1.98.